The minimum Gasteiger partial charge on any atom is -0.426 e. The van der Waals surface area contributed by atoms with E-state index in [4.69, 9.17) is 4.74 Å². The second-order valence-corrected chi connectivity index (χ2v) is 4.88. The molecule has 0 spiro atoms. The van der Waals surface area contributed by atoms with Crippen molar-refractivity contribution in [3.8, 4) is 5.75 Å². The molecule has 106 valence electrons. The van der Waals surface area contributed by atoms with Gasteiger partial charge in [0.15, 0.2) is 0 Å². The highest BCUT2D eigenvalue weighted by Gasteiger charge is 2.28. The SMILES string of the molecule is O=C(C[C@H]1CC(=O)Oc2ccccc21)Nc1ccccn1. The topological polar surface area (TPSA) is 68.3 Å². The molecule has 21 heavy (non-hydrogen) atoms. The minimum absolute atomic E-state index is 0.161. The summed E-state index contributed by atoms with van der Waals surface area (Å²) >= 11 is 0. The van der Waals surface area contributed by atoms with E-state index in [1.165, 1.54) is 0 Å². The summed E-state index contributed by atoms with van der Waals surface area (Å²) in [4.78, 5) is 27.8. The Morgan fingerprint density at radius 3 is 2.86 bits per heavy atom. The van der Waals surface area contributed by atoms with Crippen LogP contribution in [0.5, 0.6) is 5.75 Å². The number of hydrogen-bond donors (Lipinski definition) is 1. The molecule has 1 aromatic carbocycles. The van der Waals surface area contributed by atoms with E-state index in [0.29, 0.717) is 11.6 Å². The maximum atomic E-state index is 12.1. The van der Waals surface area contributed by atoms with Gasteiger partial charge < -0.3 is 10.1 Å². The van der Waals surface area contributed by atoms with Crippen LogP contribution in [0.2, 0.25) is 0 Å². The summed E-state index contributed by atoms with van der Waals surface area (Å²) in [7, 11) is 0. The van der Waals surface area contributed by atoms with E-state index in [1.54, 1.807) is 30.5 Å². The third-order valence-electron chi connectivity index (χ3n) is 3.36. The third-order valence-corrected chi connectivity index (χ3v) is 3.36. The van der Waals surface area contributed by atoms with Crippen LogP contribution in [-0.4, -0.2) is 16.9 Å². The lowest BCUT2D eigenvalue weighted by Crippen LogP contribution is -2.24. The maximum absolute atomic E-state index is 12.1. The van der Waals surface area contributed by atoms with Gasteiger partial charge in [-0.15, -0.1) is 0 Å². The molecular formula is C16H14N2O3. The number of carbonyl (C=O) groups is 2. The molecule has 0 aliphatic carbocycles. The monoisotopic (exact) mass is 282 g/mol. The van der Waals surface area contributed by atoms with Gasteiger partial charge in [0.05, 0.1) is 6.42 Å². The first-order chi connectivity index (χ1) is 10.2. The Bertz CT molecular complexity index is 670. The number of amides is 1. The minimum atomic E-state index is -0.302. The van der Waals surface area contributed by atoms with Gasteiger partial charge in [0.2, 0.25) is 5.91 Å². The lowest BCUT2D eigenvalue weighted by atomic mass is 9.90. The van der Waals surface area contributed by atoms with Gasteiger partial charge in [-0.05, 0) is 23.8 Å². The number of nitrogens with one attached hydrogen (secondary N) is 1. The second-order valence-electron chi connectivity index (χ2n) is 4.88. The highest BCUT2D eigenvalue weighted by Crippen LogP contribution is 2.36. The van der Waals surface area contributed by atoms with Crippen LogP contribution in [0.3, 0.4) is 0 Å². The van der Waals surface area contributed by atoms with Crippen LogP contribution < -0.4 is 10.1 Å². The van der Waals surface area contributed by atoms with Gasteiger partial charge in [-0.1, -0.05) is 24.3 Å². The zero-order chi connectivity index (χ0) is 14.7. The fourth-order valence-electron chi connectivity index (χ4n) is 2.42. The Labute approximate surface area is 122 Å². The molecule has 0 unspecified atom stereocenters. The van der Waals surface area contributed by atoms with Crippen LogP contribution in [0.4, 0.5) is 5.82 Å². The maximum Gasteiger partial charge on any atom is 0.311 e. The average Bonchev–Trinajstić information content (AvgIpc) is 2.48. The summed E-state index contributed by atoms with van der Waals surface area (Å²) in [6, 6.07) is 12.6. The van der Waals surface area contributed by atoms with E-state index < -0.39 is 0 Å². The van der Waals surface area contributed by atoms with E-state index in [9.17, 15) is 9.59 Å². The van der Waals surface area contributed by atoms with Crippen molar-refractivity contribution in [2.75, 3.05) is 5.32 Å². The molecule has 0 bridgehead atoms. The zero-order valence-electron chi connectivity index (χ0n) is 11.3. The summed E-state index contributed by atoms with van der Waals surface area (Å²) in [5.41, 5.74) is 0.897. The average molecular weight is 282 g/mol. The number of ether oxygens (including phenoxy) is 1. The molecule has 1 N–H and O–H groups in total. The molecule has 5 nitrogen and oxygen atoms in total. The molecule has 3 rings (SSSR count). The number of carbonyl (C=O) groups excluding carboxylic acids is 2. The highest BCUT2D eigenvalue weighted by molar-refractivity contribution is 5.91. The van der Waals surface area contributed by atoms with Crippen molar-refractivity contribution in [2.45, 2.75) is 18.8 Å². The first-order valence-electron chi connectivity index (χ1n) is 6.73. The van der Waals surface area contributed by atoms with Crippen molar-refractivity contribution >= 4 is 17.7 Å². The number of benzene rings is 1. The molecule has 1 aliphatic heterocycles. The van der Waals surface area contributed by atoms with E-state index in [-0.39, 0.29) is 30.6 Å². The number of aromatic nitrogens is 1. The van der Waals surface area contributed by atoms with Crippen LogP contribution in [0.1, 0.15) is 24.3 Å². The van der Waals surface area contributed by atoms with Crippen molar-refractivity contribution in [3.05, 3.63) is 54.2 Å². The largest absolute Gasteiger partial charge is 0.426 e. The Morgan fingerprint density at radius 2 is 2.05 bits per heavy atom. The zero-order valence-corrected chi connectivity index (χ0v) is 11.3. The molecule has 1 aliphatic rings. The number of esters is 1. The summed E-state index contributed by atoms with van der Waals surface area (Å²) in [5.74, 6) is 0.428. The standard InChI is InChI=1S/C16H14N2O3/c19-15(18-14-7-3-4-8-17-14)9-11-10-16(20)21-13-6-2-1-5-12(11)13/h1-8,11H,9-10H2,(H,17,18,19)/t11-/m0/s1. The number of hydrogen-bond acceptors (Lipinski definition) is 4. The molecule has 1 atom stereocenters. The highest BCUT2D eigenvalue weighted by atomic mass is 16.5. The van der Waals surface area contributed by atoms with Crippen LogP contribution in [-0.2, 0) is 9.59 Å². The molecule has 2 heterocycles. The lowest BCUT2D eigenvalue weighted by Gasteiger charge is -2.23. The van der Waals surface area contributed by atoms with E-state index >= 15 is 0 Å². The fourth-order valence-corrected chi connectivity index (χ4v) is 2.42. The number of anilines is 1. The molecule has 0 saturated heterocycles. The van der Waals surface area contributed by atoms with Crippen LogP contribution in [0.15, 0.2) is 48.7 Å². The van der Waals surface area contributed by atoms with Crippen molar-refractivity contribution in [1.82, 2.24) is 4.98 Å². The molecule has 0 radical (unpaired) electrons. The smallest absolute Gasteiger partial charge is 0.311 e. The molecule has 0 saturated carbocycles. The van der Waals surface area contributed by atoms with E-state index in [1.807, 2.05) is 18.2 Å². The van der Waals surface area contributed by atoms with Crippen molar-refractivity contribution in [3.63, 3.8) is 0 Å². The summed E-state index contributed by atoms with van der Waals surface area (Å²) in [6.07, 6.45) is 2.05. The Hall–Kier alpha value is -2.69. The number of nitrogens with zero attached hydrogens (tertiary/aromatic N) is 1. The summed E-state index contributed by atoms with van der Waals surface area (Å²) in [6.45, 7) is 0. The van der Waals surface area contributed by atoms with Crippen LogP contribution >= 0.6 is 0 Å². The quantitative estimate of drug-likeness (QED) is 0.693. The first kappa shape index (κ1) is 13.3. The van der Waals surface area contributed by atoms with Gasteiger partial charge in [-0.2, -0.15) is 0 Å². The van der Waals surface area contributed by atoms with Crippen LogP contribution in [0, 0.1) is 0 Å². The van der Waals surface area contributed by atoms with Gasteiger partial charge in [-0.25, -0.2) is 4.98 Å². The van der Waals surface area contributed by atoms with Gasteiger partial charge in [0.25, 0.3) is 0 Å². The van der Waals surface area contributed by atoms with Gasteiger partial charge in [-0.3, -0.25) is 9.59 Å². The Kier molecular flexibility index (Phi) is 3.64. The van der Waals surface area contributed by atoms with E-state index in [0.717, 1.165) is 5.56 Å². The third kappa shape index (κ3) is 3.08. The lowest BCUT2D eigenvalue weighted by molar-refractivity contribution is -0.136. The summed E-state index contributed by atoms with van der Waals surface area (Å²) in [5, 5.41) is 2.73. The molecule has 0 fully saturated rings. The number of fused-ring (bicyclic) bond motifs is 1. The first-order valence-corrected chi connectivity index (χ1v) is 6.73. The normalized spacial score (nSPS) is 16.8. The predicted octanol–water partition coefficient (Wildman–Crippen LogP) is 2.50. The summed E-state index contributed by atoms with van der Waals surface area (Å²) < 4.78 is 5.18. The van der Waals surface area contributed by atoms with Crippen molar-refractivity contribution in [2.24, 2.45) is 0 Å². The molecule has 2 aromatic rings. The molecular weight excluding hydrogens is 268 g/mol. The Balaban J connectivity index is 1.73. The molecule has 1 amide bonds. The Morgan fingerprint density at radius 1 is 1.24 bits per heavy atom. The van der Waals surface area contributed by atoms with Crippen molar-refractivity contribution < 1.29 is 14.3 Å². The molecule has 5 heteroatoms. The number of para-hydroxylation sites is 1. The van der Waals surface area contributed by atoms with Gasteiger partial charge in [0, 0.05) is 18.5 Å². The second kappa shape index (κ2) is 5.75. The predicted molar refractivity (Wildman–Crippen MR) is 76.9 cm³/mol. The number of rotatable bonds is 3. The van der Waals surface area contributed by atoms with Crippen LogP contribution in [0.25, 0.3) is 0 Å². The molecule has 1 aromatic heterocycles. The number of pyridine rings is 1. The fraction of sp³-hybridized carbons (Fsp3) is 0.188. The van der Waals surface area contributed by atoms with Crippen molar-refractivity contribution in [1.29, 1.82) is 0 Å². The van der Waals surface area contributed by atoms with Gasteiger partial charge in [0.1, 0.15) is 11.6 Å². The van der Waals surface area contributed by atoms with E-state index in [2.05, 4.69) is 10.3 Å². The van der Waals surface area contributed by atoms with Gasteiger partial charge >= 0.3 is 5.97 Å².